The van der Waals surface area contributed by atoms with Crippen LogP contribution in [0.1, 0.15) is 34.0 Å². The molecule has 8 nitrogen and oxygen atoms in total. The lowest BCUT2D eigenvalue weighted by Gasteiger charge is -2.23. The second kappa shape index (κ2) is 8.67. The minimum atomic E-state index is -0.503. The number of carbonyl (C=O) groups excluding carboxylic acids is 1. The van der Waals surface area contributed by atoms with E-state index in [4.69, 9.17) is 14.5 Å². The van der Waals surface area contributed by atoms with E-state index in [9.17, 15) is 9.18 Å². The summed E-state index contributed by atoms with van der Waals surface area (Å²) >= 11 is 0. The van der Waals surface area contributed by atoms with Gasteiger partial charge in [0.05, 0.1) is 35.3 Å². The summed E-state index contributed by atoms with van der Waals surface area (Å²) < 4.78 is 25.8. The molecule has 2 aliphatic heterocycles. The zero-order chi connectivity index (χ0) is 24.8. The first-order chi connectivity index (χ1) is 17.5. The molecule has 0 saturated heterocycles. The van der Waals surface area contributed by atoms with Crippen LogP contribution in [0, 0.1) is 12.7 Å². The summed E-state index contributed by atoms with van der Waals surface area (Å²) in [6.45, 7) is 2.82. The molecule has 0 saturated carbocycles. The van der Waals surface area contributed by atoms with Gasteiger partial charge in [-0.15, -0.1) is 0 Å². The number of nitrogens with zero attached hydrogens (tertiary/aromatic N) is 2. The number of hydrogen-bond donors (Lipinski definition) is 3. The summed E-state index contributed by atoms with van der Waals surface area (Å²) in [5.74, 6) is -0.100. The largest absolute Gasteiger partial charge is 0.492 e. The summed E-state index contributed by atoms with van der Waals surface area (Å²) in [6.07, 6.45) is 6.43. The summed E-state index contributed by atoms with van der Waals surface area (Å²) in [5.41, 5.74) is 5.85. The smallest absolute Gasteiger partial charge is 0.255 e. The average molecular weight is 486 g/mol. The minimum Gasteiger partial charge on any atom is -0.492 e. The number of carbonyl (C=O) groups is 1. The summed E-state index contributed by atoms with van der Waals surface area (Å²) in [6, 6.07) is 8.42. The number of para-hydroxylation sites is 1. The van der Waals surface area contributed by atoms with Gasteiger partial charge in [0.15, 0.2) is 11.6 Å². The van der Waals surface area contributed by atoms with Crippen molar-refractivity contribution in [2.24, 2.45) is 0 Å². The van der Waals surface area contributed by atoms with E-state index in [-0.39, 0.29) is 17.6 Å². The second-order valence-corrected chi connectivity index (χ2v) is 8.87. The Kier molecular flexibility index (Phi) is 5.32. The number of anilines is 2. The number of benzene rings is 1. The number of aryl methyl sites for hydroxylation is 1. The van der Waals surface area contributed by atoms with Crippen LogP contribution in [0.4, 0.5) is 15.8 Å². The Morgan fingerprint density at radius 1 is 1.25 bits per heavy atom. The molecule has 2 aliphatic rings. The molecule has 5 heterocycles. The third kappa shape index (κ3) is 3.55. The number of aromatic nitrogens is 3. The first kappa shape index (κ1) is 22.1. The molecule has 0 unspecified atom stereocenters. The molecule has 6 rings (SSSR count). The van der Waals surface area contributed by atoms with Gasteiger partial charge in [-0.1, -0.05) is 18.2 Å². The fraction of sp³-hybridized carbons (Fsp3) is 0.222. The molecule has 3 N–H and O–H groups in total. The Bertz CT molecular complexity index is 1540. The topological polar surface area (TPSA) is 101 Å². The lowest BCUT2D eigenvalue weighted by molar-refractivity contribution is 0.0941. The molecule has 36 heavy (non-hydrogen) atoms. The Labute approximate surface area is 206 Å². The highest BCUT2D eigenvalue weighted by molar-refractivity contribution is 6.08. The van der Waals surface area contributed by atoms with Gasteiger partial charge in [0.25, 0.3) is 5.91 Å². The van der Waals surface area contributed by atoms with Gasteiger partial charge in [-0.2, -0.15) is 0 Å². The molecule has 3 aromatic heterocycles. The highest BCUT2D eigenvalue weighted by Gasteiger charge is 2.33. The predicted molar refractivity (Wildman–Crippen MR) is 135 cm³/mol. The van der Waals surface area contributed by atoms with Crippen molar-refractivity contribution in [2.45, 2.75) is 19.3 Å². The van der Waals surface area contributed by atoms with Crippen molar-refractivity contribution < 1.29 is 18.7 Å². The van der Waals surface area contributed by atoms with Crippen LogP contribution >= 0.6 is 0 Å². The molecule has 182 valence electrons. The van der Waals surface area contributed by atoms with Crippen molar-refractivity contribution in [3.63, 3.8) is 0 Å². The first-order valence-electron chi connectivity index (χ1n) is 11.7. The number of hydrogen-bond acceptors (Lipinski definition) is 6. The van der Waals surface area contributed by atoms with Crippen LogP contribution in [-0.4, -0.2) is 41.1 Å². The summed E-state index contributed by atoms with van der Waals surface area (Å²) in [4.78, 5) is 26.1. The minimum absolute atomic E-state index is 0.0218. The first-order valence-corrected chi connectivity index (χ1v) is 11.7. The number of pyridine rings is 2. The quantitative estimate of drug-likeness (QED) is 0.354. The SMILES string of the molecule is COc1c(F)cccc1Nc1c2[nH]c3c1C(=O)NC[C@H]3C/C=C\COc1nc3c-2ccnc3cc1C. The van der Waals surface area contributed by atoms with Crippen molar-refractivity contribution in [3.05, 3.63) is 71.3 Å². The standard InChI is InChI=1S/C27H24FN5O3/c1-14-12-19-22-16(9-10-29-19)23-24(31-18-8-5-7-17(28)25(18)35-2)20-21(32-23)15(13-30-26(20)34)6-3-4-11-36-27(14)33-22/h3-5,7-10,12,15,31-32H,6,11,13H2,1-2H3,(H,30,34)/b4-3-/t15-/m1/s1. The van der Waals surface area contributed by atoms with E-state index in [1.807, 2.05) is 25.1 Å². The van der Waals surface area contributed by atoms with Crippen LogP contribution < -0.4 is 20.1 Å². The van der Waals surface area contributed by atoms with Gasteiger partial charge in [-0.05, 0) is 37.6 Å². The van der Waals surface area contributed by atoms with Gasteiger partial charge >= 0.3 is 0 Å². The third-order valence-electron chi connectivity index (χ3n) is 6.63. The zero-order valence-electron chi connectivity index (χ0n) is 19.8. The van der Waals surface area contributed by atoms with E-state index in [0.29, 0.717) is 59.1 Å². The Balaban J connectivity index is 1.65. The zero-order valence-corrected chi connectivity index (χ0v) is 19.8. The van der Waals surface area contributed by atoms with Crippen LogP contribution in [0.5, 0.6) is 11.6 Å². The van der Waals surface area contributed by atoms with Crippen molar-refractivity contribution >= 4 is 28.3 Å². The Hall–Kier alpha value is -4.40. The number of nitrogens with one attached hydrogen (secondary N) is 3. The number of H-pyrrole nitrogens is 1. The molecule has 0 radical (unpaired) electrons. The van der Waals surface area contributed by atoms with E-state index >= 15 is 0 Å². The fourth-order valence-electron chi connectivity index (χ4n) is 4.90. The molecule has 4 bridgehead atoms. The predicted octanol–water partition coefficient (Wildman–Crippen LogP) is 4.99. The number of amides is 1. The number of ether oxygens (including phenoxy) is 2. The molecule has 4 aromatic rings. The number of aromatic amines is 1. The molecule has 9 heteroatoms. The second-order valence-electron chi connectivity index (χ2n) is 8.87. The van der Waals surface area contributed by atoms with Crippen molar-refractivity contribution in [2.75, 3.05) is 25.6 Å². The normalized spacial score (nSPS) is 17.4. The van der Waals surface area contributed by atoms with E-state index < -0.39 is 5.82 Å². The van der Waals surface area contributed by atoms with Crippen molar-refractivity contribution in [1.82, 2.24) is 20.3 Å². The van der Waals surface area contributed by atoms with Gasteiger partial charge < -0.3 is 25.1 Å². The maximum Gasteiger partial charge on any atom is 0.255 e. The van der Waals surface area contributed by atoms with Crippen LogP contribution in [0.3, 0.4) is 0 Å². The summed E-state index contributed by atoms with van der Waals surface area (Å²) in [5, 5.41) is 6.30. The van der Waals surface area contributed by atoms with Crippen LogP contribution in [0.15, 0.2) is 48.7 Å². The van der Waals surface area contributed by atoms with Gasteiger partial charge in [-0.3, -0.25) is 9.78 Å². The third-order valence-corrected chi connectivity index (χ3v) is 6.63. The Morgan fingerprint density at radius 3 is 3.00 bits per heavy atom. The van der Waals surface area contributed by atoms with E-state index in [1.165, 1.54) is 13.2 Å². The van der Waals surface area contributed by atoms with E-state index in [1.54, 1.807) is 18.3 Å². The highest BCUT2D eigenvalue weighted by Crippen LogP contribution is 2.43. The van der Waals surface area contributed by atoms with Crippen LogP contribution in [-0.2, 0) is 0 Å². The fourth-order valence-corrected chi connectivity index (χ4v) is 4.90. The number of rotatable bonds is 3. The molecule has 1 amide bonds. The van der Waals surface area contributed by atoms with Crippen LogP contribution in [0.25, 0.3) is 22.3 Å². The lowest BCUT2D eigenvalue weighted by Crippen LogP contribution is -2.34. The highest BCUT2D eigenvalue weighted by atomic mass is 19.1. The van der Waals surface area contributed by atoms with Gasteiger partial charge in [-0.25, -0.2) is 9.37 Å². The maximum absolute atomic E-state index is 14.5. The molecule has 0 spiro atoms. The van der Waals surface area contributed by atoms with Gasteiger partial charge in [0.2, 0.25) is 5.88 Å². The van der Waals surface area contributed by atoms with Crippen molar-refractivity contribution in [3.8, 4) is 22.9 Å². The number of methoxy groups -OCH3 is 1. The van der Waals surface area contributed by atoms with E-state index in [0.717, 1.165) is 16.8 Å². The van der Waals surface area contributed by atoms with E-state index in [2.05, 4.69) is 26.7 Å². The molecular weight excluding hydrogens is 461 g/mol. The van der Waals surface area contributed by atoms with Crippen molar-refractivity contribution in [1.29, 1.82) is 0 Å². The summed E-state index contributed by atoms with van der Waals surface area (Å²) in [7, 11) is 1.41. The number of allylic oxidation sites excluding steroid dienone is 1. The molecule has 1 atom stereocenters. The monoisotopic (exact) mass is 485 g/mol. The van der Waals surface area contributed by atoms with Gasteiger partial charge in [0.1, 0.15) is 12.1 Å². The van der Waals surface area contributed by atoms with Crippen LogP contribution in [0.2, 0.25) is 0 Å². The number of fused-ring (bicyclic) bond motifs is 3. The molecular formula is C27H24FN5O3. The average Bonchev–Trinajstić information content (AvgIpc) is 3.25. The Morgan fingerprint density at radius 2 is 2.14 bits per heavy atom. The molecule has 0 aliphatic carbocycles. The molecule has 0 fully saturated rings. The maximum atomic E-state index is 14.5. The van der Waals surface area contributed by atoms with Gasteiger partial charge in [0, 0.05) is 35.5 Å². The lowest BCUT2D eigenvalue weighted by atomic mass is 9.93. The molecule has 1 aromatic carbocycles. The number of halogens is 1.